The zero-order valence-corrected chi connectivity index (χ0v) is 15.8. The van der Waals surface area contributed by atoms with E-state index in [9.17, 15) is 9.90 Å². The molecular formula is C18H18N2O3S2. The molecule has 5 nitrogen and oxygen atoms in total. The summed E-state index contributed by atoms with van der Waals surface area (Å²) in [6, 6.07) is 5.79. The van der Waals surface area contributed by atoms with Crippen LogP contribution in [0.5, 0.6) is 5.75 Å². The second kappa shape index (κ2) is 7.33. The predicted octanol–water partition coefficient (Wildman–Crippen LogP) is 4.98. The first-order chi connectivity index (χ1) is 12.0. The average Bonchev–Trinajstić information content (AvgIpc) is 3.22. The van der Waals surface area contributed by atoms with E-state index in [1.807, 2.05) is 23.6 Å². The Morgan fingerprint density at radius 1 is 1.36 bits per heavy atom. The van der Waals surface area contributed by atoms with Gasteiger partial charge < -0.3 is 9.84 Å². The molecule has 0 atom stereocenters. The number of hydrogen-bond donors (Lipinski definition) is 1. The monoisotopic (exact) mass is 374 g/mol. The summed E-state index contributed by atoms with van der Waals surface area (Å²) < 4.78 is 5.93. The van der Waals surface area contributed by atoms with Crippen LogP contribution < -0.4 is 4.74 Å². The molecule has 2 aromatic heterocycles. The minimum absolute atomic E-state index is 0.269. The van der Waals surface area contributed by atoms with Crippen molar-refractivity contribution >= 4 is 28.6 Å². The van der Waals surface area contributed by atoms with E-state index in [1.165, 1.54) is 22.7 Å². The van der Waals surface area contributed by atoms with Crippen molar-refractivity contribution in [3.63, 3.8) is 0 Å². The first-order valence-corrected chi connectivity index (χ1v) is 9.58. The summed E-state index contributed by atoms with van der Waals surface area (Å²) in [5.74, 6) is 0.246. The standard InChI is InChI=1S/C18H18N2O3S2/c1-10(2)7-23-15-5-4-12(6-13(15)14-8-24-9-19-14)17-20-11(3)16(25-17)18(21)22/h4-6,8-10H,7H2,1-3H3,(H,21,22). The minimum Gasteiger partial charge on any atom is -0.493 e. The van der Waals surface area contributed by atoms with Gasteiger partial charge in [-0.2, -0.15) is 0 Å². The SMILES string of the molecule is Cc1nc(-c2ccc(OCC(C)C)c(-c3cscn3)c2)sc1C(=O)O. The van der Waals surface area contributed by atoms with Crippen LogP contribution in [0.4, 0.5) is 0 Å². The number of carboxylic acid groups (broad SMARTS) is 1. The molecule has 0 aliphatic carbocycles. The lowest BCUT2D eigenvalue weighted by atomic mass is 10.1. The number of aromatic nitrogens is 2. The van der Waals surface area contributed by atoms with Crippen LogP contribution in [-0.2, 0) is 0 Å². The molecule has 3 rings (SSSR count). The number of ether oxygens (including phenoxy) is 1. The fraction of sp³-hybridized carbons (Fsp3) is 0.278. The first-order valence-electron chi connectivity index (χ1n) is 7.82. The van der Waals surface area contributed by atoms with Gasteiger partial charge in [0.25, 0.3) is 0 Å². The van der Waals surface area contributed by atoms with Crippen molar-refractivity contribution in [1.82, 2.24) is 9.97 Å². The van der Waals surface area contributed by atoms with Gasteiger partial charge in [-0.3, -0.25) is 0 Å². The summed E-state index contributed by atoms with van der Waals surface area (Å²) in [6.45, 7) is 6.53. The molecule has 2 heterocycles. The molecule has 3 aromatic rings. The van der Waals surface area contributed by atoms with Gasteiger partial charge in [0.05, 0.1) is 23.5 Å². The summed E-state index contributed by atoms with van der Waals surface area (Å²) in [7, 11) is 0. The topological polar surface area (TPSA) is 72.3 Å². The van der Waals surface area contributed by atoms with E-state index in [0.717, 1.165) is 22.6 Å². The van der Waals surface area contributed by atoms with Gasteiger partial charge in [0, 0.05) is 16.5 Å². The van der Waals surface area contributed by atoms with E-state index in [4.69, 9.17) is 4.74 Å². The van der Waals surface area contributed by atoms with E-state index in [0.29, 0.717) is 23.2 Å². The molecule has 0 saturated carbocycles. The average molecular weight is 374 g/mol. The van der Waals surface area contributed by atoms with Crippen molar-refractivity contribution in [2.75, 3.05) is 6.61 Å². The number of thiazole rings is 2. The van der Waals surface area contributed by atoms with Crippen LogP contribution in [0.3, 0.4) is 0 Å². The molecule has 0 aliphatic rings. The maximum Gasteiger partial charge on any atom is 0.347 e. The van der Waals surface area contributed by atoms with Crippen LogP contribution in [-0.4, -0.2) is 27.7 Å². The van der Waals surface area contributed by atoms with Crippen molar-refractivity contribution in [2.45, 2.75) is 20.8 Å². The Morgan fingerprint density at radius 2 is 2.16 bits per heavy atom. The smallest absolute Gasteiger partial charge is 0.347 e. The first kappa shape index (κ1) is 17.6. The van der Waals surface area contributed by atoms with Crippen molar-refractivity contribution in [3.8, 4) is 27.6 Å². The summed E-state index contributed by atoms with van der Waals surface area (Å²) >= 11 is 2.70. The van der Waals surface area contributed by atoms with Gasteiger partial charge in [-0.25, -0.2) is 14.8 Å². The number of aryl methyl sites for hydroxylation is 1. The Kier molecular flexibility index (Phi) is 5.15. The van der Waals surface area contributed by atoms with Gasteiger partial charge in [-0.15, -0.1) is 22.7 Å². The normalized spacial score (nSPS) is 11.0. The summed E-state index contributed by atoms with van der Waals surface area (Å²) in [5, 5.41) is 11.9. The van der Waals surface area contributed by atoms with Gasteiger partial charge in [0.15, 0.2) is 0 Å². The third kappa shape index (κ3) is 3.88. The predicted molar refractivity (Wildman–Crippen MR) is 101 cm³/mol. The van der Waals surface area contributed by atoms with E-state index >= 15 is 0 Å². The third-order valence-electron chi connectivity index (χ3n) is 3.50. The Morgan fingerprint density at radius 3 is 2.76 bits per heavy atom. The van der Waals surface area contributed by atoms with Crippen LogP contribution in [0.2, 0.25) is 0 Å². The molecule has 130 valence electrons. The maximum absolute atomic E-state index is 11.3. The van der Waals surface area contributed by atoms with E-state index in [-0.39, 0.29) is 4.88 Å². The Balaban J connectivity index is 2.03. The number of aromatic carboxylic acids is 1. The fourth-order valence-corrected chi connectivity index (χ4v) is 3.76. The molecule has 25 heavy (non-hydrogen) atoms. The molecule has 0 radical (unpaired) electrons. The number of benzene rings is 1. The van der Waals surface area contributed by atoms with Crippen LogP contribution >= 0.6 is 22.7 Å². The molecule has 1 aromatic carbocycles. The highest BCUT2D eigenvalue weighted by Crippen LogP contribution is 2.36. The molecule has 0 spiro atoms. The second-order valence-corrected chi connectivity index (χ2v) is 7.75. The number of nitrogens with zero attached hydrogens (tertiary/aromatic N) is 2. The maximum atomic E-state index is 11.3. The summed E-state index contributed by atoms with van der Waals surface area (Å²) in [4.78, 5) is 20.3. The molecule has 0 bridgehead atoms. The Labute approximate surface area is 154 Å². The number of rotatable bonds is 6. The van der Waals surface area contributed by atoms with Crippen molar-refractivity contribution in [2.24, 2.45) is 5.92 Å². The molecule has 0 amide bonds. The molecule has 1 N–H and O–H groups in total. The number of carbonyl (C=O) groups is 1. The highest BCUT2D eigenvalue weighted by Gasteiger charge is 2.17. The van der Waals surface area contributed by atoms with E-state index in [2.05, 4.69) is 23.8 Å². The van der Waals surface area contributed by atoms with Crippen molar-refractivity contribution < 1.29 is 14.6 Å². The van der Waals surface area contributed by atoms with Gasteiger partial charge in [0.2, 0.25) is 0 Å². The highest BCUT2D eigenvalue weighted by atomic mass is 32.1. The number of hydrogen-bond acceptors (Lipinski definition) is 6. The summed E-state index contributed by atoms with van der Waals surface area (Å²) in [5.41, 5.74) is 4.91. The minimum atomic E-state index is -0.946. The van der Waals surface area contributed by atoms with E-state index in [1.54, 1.807) is 12.4 Å². The molecule has 0 aliphatic heterocycles. The quantitative estimate of drug-likeness (QED) is 0.659. The molecule has 7 heteroatoms. The lowest BCUT2D eigenvalue weighted by molar-refractivity contribution is 0.0701. The third-order valence-corrected chi connectivity index (χ3v) is 5.28. The summed E-state index contributed by atoms with van der Waals surface area (Å²) in [6.07, 6.45) is 0. The van der Waals surface area contributed by atoms with Gasteiger partial charge in [-0.05, 0) is 31.0 Å². The molecule has 0 saturated heterocycles. The lowest BCUT2D eigenvalue weighted by Gasteiger charge is -2.13. The zero-order chi connectivity index (χ0) is 18.0. The van der Waals surface area contributed by atoms with Gasteiger partial charge in [-0.1, -0.05) is 13.8 Å². The molecule has 0 unspecified atom stereocenters. The molecule has 0 fully saturated rings. The van der Waals surface area contributed by atoms with Crippen LogP contribution in [0.1, 0.15) is 29.2 Å². The Bertz CT molecular complexity index is 886. The highest BCUT2D eigenvalue weighted by molar-refractivity contribution is 7.17. The van der Waals surface area contributed by atoms with Gasteiger partial charge >= 0.3 is 5.97 Å². The lowest BCUT2D eigenvalue weighted by Crippen LogP contribution is -2.05. The fourth-order valence-electron chi connectivity index (χ4n) is 2.31. The van der Waals surface area contributed by atoms with Crippen LogP contribution in [0.25, 0.3) is 21.8 Å². The van der Waals surface area contributed by atoms with Crippen LogP contribution in [0.15, 0.2) is 29.1 Å². The van der Waals surface area contributed by atoms with Crippen molar-refractivity contribution in [3.05, 3.63) is 39.7 Å². The van der Waals surface area contributed by atoms with Gasteiger partial charge in [0.1, 0.15) is 15.6 Å². The Hall–Kier alpha value is -2.25. The van der Waals surface area contributed by atoms with E-state index < -0.39 is 5.97 Å². The zero-order valence-electron chi connectivity index (χ0n) is 14.1. The van der Waals surface area contributed by atoms with Crippen LogP contribution in [0, 0.1) is 12.8 Å². The molecular weight excluding hydrogens is 356 g/mol. The largest absolute Gasteiger partial charge is 0.493 e. The van der Waals surface area contributed by atoms with Crippen molar-refractivity contribution in [1.29, 1.82) is 0 Å². The number of carboxylic acids is 1. The second-order valence-electron chi connectivity index (χ2n) is 6.03.